The first-order valence-electron chi connectivity index (χ1n) is 37.0. The summed E-state index contributed by atoms with van der Waals surface area (Å²) in [4.78, 5) is 0. The third-order valence-corrected chi connectivity index (χ3v) is 18.1. The standard InChI is InChI=1S/C74H150O6/c1-7-9-11-41-53-69(3)55-45-35-25-19-29-39-51-63-79-73(65-75)67-77-61-49-37-27-17-23-33-47-59-71(5)57-43-31-21-15-13-14-16-22-32-44-58-72(6)60-48-34-24-18-28-38-50-62-78-68-74(66-76)80-64-52-40-30-20-26-36-46-56-70(4)54-42-12-10-8-2/h69-76H,7-68H2,1-6H3/t69-,70-,71?,72?,73-,74-/m1/s1. The fourth-order valence-electron chi connectivity index (χ4n) is 12.2. The molecule has 0 saturated carbocycles. The first-order chi connectivity index (χ1) is 39.4. The summed E-state index contributed by atoms with van der Waals surface area (Å²) in [6, 6.07) is 0. The van der Waals surface area contributed by atoms with Crippen molar-refractivity contribution < 1.29 is 29.2 Å². The van der Waals surface area contributed by atoms with Crippen molar-refractivity contribution in [2.45, 2.75) is 400 Å². The fraction of sp³-hybridized carbons (Fsp3) is 1.00. The molecule has 6 atom stereocenters. The topological polar surface area (TPSA) is 77.4 Å². The van der Waals surface area contributed by atoms with Crippen LogP contribution in [-0.4, -0.2) is 75.3 Å². The van der Waals surface area contributed by atoms with E-state index in [4.69, 9.17) is 18.9 Å². The van der Waals surface area contributed by atoms with E-state index in [1.54, 1.807) is 0 Å². The Morgan fingerprint density at radius 3 is 0.600 bits per heavy atom. The van der Waals surface area contributed by atoms with Gasteiger partial charge in [-0.15, -0.1) is 0 Å². The van der Waals surface area contributed by atoms with Gasteiger partial charge in [-0.1, -0.05) is 363 Å². The molecular formula is C74H150O6. The van der Waals surface area contributed by atoms with Crippen LogP contribution in [0.3, 0.4) is 0 Å². The number of hydrogen-bond donors (Lipinski definition) is 2. The maximum absolute atomic E-state index is 9.74. The second-order valence-electron chi connectivity index (χ2n) is 26.8. The highest BCUT2D eigenvalue weighted by molar-refractivity contribution is 4.62. The molecule has 0 rings (SSSR count). The minimum absolute atomic E-state index is 0.0592. The number of aliphatic hydroxyl groups excluding tert-OH is 2. The molecule has 0 aliphatic heterocycles. The summed E-state index contributed by atoms with van der Waals surface area (Å²) in [7, 11) is 0. The Bertz CT molecular complexity index is 1020. The zero-order valence-corrected chi connectivity index (χ0v) is 55.8. The smallest absolute Gasteiger partial charge is 0.104 e. The van der Waals surface area contributed by atoms with Gasteiger partial charge in [-0.25, -0.2) is 0 Å². The SMILES string of the molecule is CCCCCC[C@@H](C)CCCCCCCCCO[C@H](CO)COCCCCCCCCCC(C)CCCCCCCCCCCCC(C)CCCCCCCCCOC[C@@H](CO)OCCCCCCCCC[C@H](C)CCCCCC. The van der Waals surface area contributed by atoms with Crippen LogP contribution in [0.4, 0.5) is 0 Å². The first kappa shape index (κ1) is 79.8. The lowest BCUT2D eigenvalue weighted by Crippen LogP contribution is -2.24. The van der Waals surface area contributed by atoms with Crippen LogP contribution in [0.2, 0.25) is 0 Å². The van der Waals surface area contributed by atoms with E-state index in [9.17, 15) is 10.2 Å². The van der Waals surface area contributed by atoms with E-state index in [0.29, 0.717) is 13.2 Å². The second kappa shape index (κ2) is 67.9. The van der Waals surface area contributed by atoms with Crippen molar-refractivity contribution in [3.8, 4) is 0 Å². The molecular weight excluding hydrogens is 985 g/mol. The maximum atomic E-state index is 9.74. The third-order valence-electron chi connectivity index (χ3n) is 18.1. The Kier molecular flexibility index (Phi) is 67.7. The molecule has 6 nitrogen and oxygen atoms in total. The quantitative estimate of drug-likeness (QED) is 0.0591. The summed E-state index contributed by atoms with van der Waals surface area (Å²) in [5, 5.41) is 19.5. The van der Waals surface area contributed by atoms with Crippen LogP contribution >= 0.6 is 0 Å². The van der Waals surface area contributed by atoms with E-state index in [-0.39, 0.29) is 25.4 Å². The van der Waals surface area contributed by atoms with Crippen molar-refractivity contribution in [2.75, 3.05) is 52.9 Å². The molecule has 2 unspecified atom stereocenters. The van der Waals surface area contributed by atoms with Crippen molar-refractivity contribution in [1.29, 1.82) is 0 Å². The van der Waals surface area contributed by atoms with Crippen molar-refractivity contribution in [3.63, 3.8) is 0 Å². The van der Waals surface area contributed by atoms with Gasteiger partial charge < -0.3 is 29.2 Å². The molecule has 482 valence electrons. The van der Waals surface area contributed by atoms with Crippen LogP contribution in [0.5, 0.6) is 0 Å². The summed E-state index contributed by atoms with van der Waals surface area (Å²) in [6.07, 6.45) is 73.6. The monoisotopic (exact) mass is 1140 g/mol. The molecule has 0 aromatic heterocycles. The van der Waals surface area contributed by atoms with Gasteiger partial charge in [0.1, 0.15) is 12.2 Å². The lowest BCUT2D eigenvalue weighted by molar-refractivity contribution is -0.0437. The molecule has 0 aromatic carbocycles. The zero-order valence-electron chi connectivity index (χ0n) is 55.8. The summed E-state index contributed by atoms with van der Waals surface area (Å²) in [5.41, 5.74) is 0. The van der Waals surface area contributed by atoms with E-state index in [1.807, 2.05) is 0 Å². The summed E-state index contributed by atoms with van der Waals surface area (Å²) in [5.74, 6) is 3.62. The number of ether oxygens (including phenoxy) is 4. The highest BCUT2D eigenvalue weighted by atomic mass is 16.5. The molecule has 0 radical (unpaired) electrons. The Labute approximate surface area is 503 Å². The molecule has 80 heavy (non-hydrogen) atoms. The average molecular weight is 1140 g/mol. The van der Waals surface area contributed by atoms with Gasteiger partial charge in [-0.05, 0) is 49.4 Å². The van der Waals surface area contributed by atoms with Gasteiger partial charge in [0.25, 0.3) is 0 Å². The average Bonchev–Trinajstić information content (AvgIpc) is 3.46. The molecule has 0 aromatic rings. The Hall–Kier alpha value is -0.240. The maximum Gasteiger partial charge on any atom is 0.104 e. The predicted octanol–water partition coefficient (Wildman–Crippen LogP) is 23.4. The Balaban J connectivity index is 3.40. The van der Waals surface area contributed by atoms with Gasteiger partial charge >= 0.3 is 0 Å². The second-order valence-corrected chi connectivity index (χ2v) is 26.8. The molecule has 0 bridgehead atoms. The van der Waals surface area contributed by atoms with Crippen molar-refractivity contribution in [3.05, 3.63) is 0 Å². The highest BCUT2D eigenvalue weighted by Gasteiger charge is 2.11. The Morgan fingerprint density at radius 2 is 0.400 bits per heavy atom. The van der Waals surface area contributed by atoms with Crippen LogP contribution in [-0.2, 0) is 18.9 Å². The molecule has 0 spiro atoms. The lowest BCUT2D eigenvalue weighted by Gasteiger charge is -2.15. The number of hydrogen-bond acceptors (Lipinski definition) is 6. The molecule has 0 fully saturated rings. The van der Waals surface area contributed by atoms with E-state index in [0.717, 1.165) is 75.8 Å². The van der Waals surface area contributed by atoms with Crippen LogP contribution in [0, 0.1) is 23.7 Å². The number of aliphatic hydroxyl groups is 2. The van der Waals surface area contributed by atoms with Gasteiger partial charge in [0.2, 0.25) is 0 Å². The third kappa shape index (κ3) is 63.8. The van der Waals surface area contributed by atoms with E-state index in [1.165, 1.54) is 321 Å². The van der Waals surface area contributed by atoms with E-state index < -0.39 is 0 Å². The fourth-order valence-corrected chi connectivity index (χ4v) is 12.2. The van der Waals surface area contributed by atoms with Gasteiger partial charge in [0.15, 0.2) is 0 Å². The molecule has 0 aliphatic carbocycles. The molecule has 0 amide bonds. The van der Waals surface area contributed by atoms with E-state index in [2.05, 4.69) is 41.5 Å². The minimum atomic E-state index is -0.166. The zero-order chi connectivity index (χ0) is 58.1. The summed E-state index contributed by atoms with van der Waals surface area (Å²) in [6.45, 7) is 18.7. The summed E-state index contributed by atoms with van der Waals surface area (Å²) >= 11 is 0. The van der Waals surface area contributed by atoms with Gasteiger partial charge in [0, 0.05) is 26.4 Å². The normalized spacial score (nSPS) is 14.2. The molecule has 0 heterocycles. The van der Waals surface area contributed by atoms with Gasteiger partial charge in [-0.2, -0.15) is 0 Å². The first-order valence-corrected chi connectivity index (χ1v) is 37.0. The van der Waals surface area contributed by atoms with Crippen LogP contribution in [0.25, 0.3) is 0 Å². The largest absolute Gasteiger partial charge is 0.394 e. The van der Waals surface area contributed by atoms with Gasteiger partial charge in [0.05, 0.1) is 26.4 Å². The molecule has 0 saturated heterocycles. The van der Waals surface area contributed by atoms with Crippen LogP contribution in [0.15, 0.2) is 0 Å². The van der Waals surface area contributed by atoms with Crippen molar-refractivity contribution >= 4 is 0 Å². The lowest BCUT2D eigenvalue weighted by atomic mass is 9.95. The van der Waals surface area contributed by atoms with Crippen molar-refractivity contribution in [2.24, 2.45) is 23.7 Å². The van der Waals surface area contributed by atoms with Gasteiger partial charge in [-0.3, -0.25) is 0 Å². The summed E-state index contributed by atoms with van der Waals surface area (Å²) < 4.78 is 23.6. The highest BCUT2D eigenvalue weighted by Crippen LogP contribution is 2.23. The molecule has 6 heteroatoms. The number of rotatable bonds is 71. The minimum Gasteiger partial charge on any atom is -0.394 e. The van der Waals surface area contributed by atoms with Crippen molar-refractivity contribution in [1.82, 2.24) is 0 Å². The predicted molar refractivity (Wildman–Crippen MR) is 353 cm³/mol. The van der Waals surface area contributed by atoms with Crippen LogP contribution < -0.4 is 0 Å². The van der Waals surface area contributed by atoms with Crippen LogP contribution in [0.1, 0.15) is 388 Å². The number of unbranched alkanes of at least 4 members (excludes halogenated alkanes) is 39. The Morgan fingerprint density at radius 1 is 0.225 bits per heavy atom. The molecule has 0 aliphatic rings. The molecule has 2 N–H and O–H groups in total. The van der Waals surface area contributed by atoms with E-state index >= 15 is 0 Å².